The van der Waals surface area contributed by atoms with Gasteiger partial charge in [0.15, 0.2) is 0 Å². The zero-order valence-corrected chi connectivity index (χ0v) is 13.0. The van der Waals surface area contributed by atoms with Gasteiger partial charge in [-0.2, -0.15) is 0 Å². The lowest BCUT2D eigenvalue weighted by Gasteiger charge is -2.25. The summed E-state index contributed by atoms with van der Waals surface area (Å²) in [6.45, 7) is 1.97. The standard InChI is InChI=1S/C15H25N3O4/c1-9(15(16)22)2-6-13(20)17-11-5-3-10-4-7-14(21)18(10)8-12(11)19/h9-12,19H,2-8H2,1H3,(H2,16,22)(H,17,20)/t9-,10+,11-,12-/m0/s1. The molecule has 2 rings (SSSR count). The van der Waals surface area contributed by atoms with Gasteiger partial charge in [-0.1, -0.05) is 6.92 Å². The number of nitrogens with zero attached hydrogens (tertiary/aromatic N) is 1. The Kier molecular flexibility index (Phi) is 5.39. The first kappa shape index (κ1) is 16.7. The third kappa shape index (κ3) is 3.97. The Morgan fingerprint density at radius 3 is 2.82 bits per heavy atom. The van der Waals surface area contributed by atoms with Gasteiger partial charge in [-0.25, -0.2) is 0 Å². The quantitative estimate of drug-likeness (QED) is 0.636. The molecule has 0 saturated carbocycles. The van der Waals surface area contributed by atoms with Crippen molar-refractivity contribution in [2.45, 2.75) is 63.6 Å². The van der Waals surface area contributed by atoms with Crippen molar-refractivity contribution in [3.05, 3.63) is 0 Å². The fourth-order valence-electron chi connectivity index (χ4n) is 3.17. The third-order valence-corrected chi connectivity index (χ3v) is 4.75. The zero-order chi connectivity index (χ0) is 16.3. The number of rotatable bonds is 5. The molecule has 4 N–H and O–H groups in total. The van der Waals surface area contributed by atoms with Crippen LogP contribution >= 0.6 is 0 Å². The van der Waals surface area contributed by atoms with Crippen molar-refractivity contribution in [3.63, 3.8) is 0 Å². The van der Waals surface area contributed by atoms with Gasteiger partial charge in [-0.3, -0.25) is 14.4 Å². The van der Waals surface area contributed by atoms with Gasteiger partial charge in [0.1, 0.15) is 0 Å². The first-order chi connectivity index (χ1) is 10.4. The molecule has 2 aliphatic heterocycles. The van der Waals surface area contributed by atoms with Crippen LogP contribution in [-0.2, 0) is 14.4 Å². The molecule has 0 spiro atoms. The number of hydrogen-bond acceptors (Lipinski definition) is 4. The Labute approximate surface area is 130 Å². The molecule has 0 aromatic heterocycles. The van der Waals surface area contributed by atoms with E-state index in [2.05, 4.69) is 5.32 Å². The fourth-order valence-corrected chi connectivity index (χ4v) is 3.17. The van der Waals surface area contributed by atoms with E-state index in [1.807, 2.05) is 0 Å². The summed E-state index contributed by atoms with van der Waals surface area (Å²) in [6.07, 6.45) is 2.71. The molecule has 0 aromatic carbocycles. The lowest BCUT2D eigenvalue weighted by Crippen LogP contribution is -2.47. The molecule has 2 aliphatic rings. The number of primary amides is 1. The van der Waals surface area contributed by atoms with Crippen LogP contribution in [-0.4, -0.2) is 52.5 Å². The SMILES string of the molecule is C[C@@H](CCC(=O)N[C@H]1CC[C@@H]2CCC(=O)N2C[C@@H]1O)C(N)=O. The number of aliphatic hydroxyl groups is 1. The average Bonchev–Trinajstić information content (AvgIpc) is 2.72. The van der Waals surface area contributed by atoms with Crippen molar-refractivity contribution < 1.29 is 19.5 Å². The van der Waals surface area contributed by atoms with E-state index in [0.29, 0.717) is 19.3 Å². The number of nitrogens with two attached hydrogens (primary N) is 1. The van der Waals surface area contributed by atoms with E-state index in [9.17, 15) is 19.5 Å². The highest BCUT2D eigenvalue weighted by molar-refractivity contribution is 5.80. The van der Waals surface area contributed by atoms with E-state index in [0.717, 1.165) is 12.8 Å². The Balaban J connectivity index is 1.83. The Hall–Kier alpha value is -1.63. The molecule has 3 amide bonds. The van der Waals surface area contributed by atoms with Crippen LogP contribution < -0.4 is 11.1 Å². The molecule has 2 fully saturated rings. The third-order valence-electron chi connectivity index (χ3n) is 4.75. The summed E-state index contributed by atoms with van der Waals surface area (Å²) < 4.78 is 0. The summed E-state index contributed by atoms with van der Waals surface area (Å²) in [5.41, 5.74) is 5.17. The molecule has 22 heavy (non-hydrogen) atoms. The van der Waals surface area contributed by atoms with E-state index < -0.39 is 12.0 Å². The second-order valence-electron chi connectivity index (χ2n) is 6.40. The predicted molar refractivity (Wildman–Crippen MR) is 79.5 cm³/mol. The van der Waals surface area contributed by atoms with E-state index >= 15 is 0 Å². The summed E-state index contributed by atoms with van der Waals surface area (Å²) in [4.78, 5) is 36.4. The highest BCUT2D eigenvalue weighted by atomic mass is 16.3. The van der Waals surface area contributed by atoms with Crippen molar-refractivity contribution in [3.8, 4) is 0 Å². The smallest absolute Gasteiger partial charge is 0.222 e. The van der Waals surface area contributed by atoms with E-state index in [1.54, 1.807) is 11.8 Å². The van der Waals surface area contributed by atoms with Crippen LogP contribution in [0.5, 0.6) is 0 Å². The monoisotopic (exact) mass is 311 g/mol. The van der Waals surface area contributed by atoms with E-state index in [4.69, 9.17) is 5.73 Å². The number of nitrogens with one attached hydrogen (secondary N) is 1. The van der Waals surface area contributed by atoms with Crippen LogP contribution in [0.1, 0.15) is 45.4 Å². The Morgan fingerprint density at radius 1 is 1.41 bits per heavy atom. The molecule has 0 unspecified atom stereocenters. The van der Waals surface area contributed by atoms with Crippen LogP contribution in [0.25, 0.3) is 0 Å². The number of amides is 3. The van der Waals surface area contributed by atoms with Crippen molar-refractivity contribution >= 4 is 17.7 Å². The van der Waals surface area contributed by atoms with Crippen molar-refractivity contribution in [2.24, 2.45) is 11.7 Å². The molecular weight excluding hydrogens is 286 g/mol. The number of aliphatic hydroxyl groups excluding tert-OH is 1. The maximum Gasteiger partial charge on any atom is 0.222 e. The van der Waals surface area contributed by atoms with Crippen LogP contribution in [0.4, 0.5) is 0 Å². The summed E-state index contributed by atoms with van der Waals surface area (Å²) in [5, 5.41) is 13.1. The zero-order valence-electron chi connectivity index (χ0n) is 13.0. The van der Waals surface area contributed by atoms with Crippen molar-refractivity contribution in [1.82, 2.24) is 10.2 Å². The molecule has 124 valence electrons. The molecule has 7 nitrogen and oxygen atoms in total. The summed E-state index contributed by atoms with van der Waals surface area (Å²) in [6, 6.07) is -0.145. The van der Waals surface area contributed by atoms with Gasteiger partial charge in [-0.15, -0.1) is 0 Å². The summed E-state index contributed by atoms with van der Waals surface area (Å²) in [5.74, 6) is -0.855. The minimum Gasteiger partial charge on any atom is -0.389 e. The molecule has 0 bridgehead atoms. The molecule has 4 atom stereocenters. The van der Waals surface area contributed by atoms with E-state index in [1.165, 1.54) is 0 Å². The molecule has 2 heterocycles. The van der Waals surface area contributed by atoms with Gasteiger partial charge < -0.3 is 21.1 Å². The molecule has 2 saturated heterocycles. The topological polar surface area (TPSA) is 113 Å². The minimum atomic E-state index is -0.746. The lowest BCUT2D eigenvalue weighted by atomic mass is 10.0. The van der Waals surface area contributed by atoms with Crippen molar-refractivity contribution in [2.75, 3.05) is 6.54 Å². The lowest BCUT2D eigenvalue weighted by molar-refractivity contribution is -0.130. The molecule has 7 heteroatoms. The fraction of sp³-hybridized carbons (Fsp3) is 0.800. The molecule has 0 aromatic rings. The number of carbonyl (C=O) groups is 3. The Bertz CT molecular complexity index is 454. The number of fused-ring (bicyclic) bond motifs is 1. The highest BCUT2D eigenvalue weighted by Crippen LogP contribution is 2.27. The van der Waals surface area contributed by atoms with Gasteiger partial charge in [0, 0.05) is 31.3 Å². The van der Waals surface area contributed by atoms with Crippen LogP contribution in [0.2, 0.25) is 0 Å². The highest BCUT2D eigenvalue weighted by Gasteiger charge is 2.37. The first-order valence-electron chi connectivity index (χ1n) is 7.94. The minimum absolute atomic E-state index is 0.0892. The van der Waals surface area contributed by atoms with Gasteiger partial charge >= 0.3 is 0 Å². The van der Waals surface area contributed by atoms with Crippen LogP contribution in [0.3, 0.4) is 0 Å². The average molecular weight is 311 g/mol. The molecule has 0 aliphatic carbocycles. The number of hydrogen-bond donors (Lipinski definition) is 3. The first-order valence-corrected chi connectivity index (χ1v) is 7.94. The van der Waals surface area contributed by atoms with Gasteiger partial charge in [0.25, 0.3) is 0 Å². The van der Waals surface area contributed by atoms with Gasteiger partial charge in [-0.05, 0) is 25.7 Å². The van der Waals surface area contributed by atoms with Crippen LogP contribution in [0.15, 0.2) is 0 Å². The second-order valence-corrected chi connectivity index (χ2v) is 6.40. The number of carbonyl (C=O) groups excluding carboxylic acids is 3. The van der Waals surface area contributed by atoms with E-state index in [-0.39, 0.29) is 42.8 Å². The Morgan fingerprint density at radius 2 is 2.14 bits per heavy atom. The van der Waals surface area contributed by atoms with Crippen molar-refractivity contribution in [1.29, 1.82) is 0 Å². The summed E-state index contributed by atoms with van der Waals surface area (Å²) >= 11 is 0. The van der Waals surface area contributed by atoms with Gasteiger partial charge in [0.05, 0.1) is 12.1 Å². The predicted octanol–water partition coefficient (Wildman–Crippen LogP) is -0.481. The molecule has 0 radical (unpaired) electrons. The van der Waals surface area contributed by atoms with Gasteiger partial charge in [0.2, 0.25) is 17.7 Å². The second kappa shape index (κ2) is 7.09. The largest absolute Gasteiger partial charge is 0.389 e. The molecular formula is C15H25N3O4. The maximum absolute atomic E-state index is 12.0. The summed E-state index contributed by atoms with van der Waals surface area (Å²) in [7, 11) is 0. The normalized spacial score (nSPS) is 29.6. The maximum atomic E-state index is 12.0. The van der Waals surface area contributed by atoms with Crippen LogP contribution in [0, 0.1) is 5.92 Å².